The highest BCUT2D eigenvalue weighted by atomic mass is 19.4. The Balaban J connectivity index is 2.51. The summed E-state index contributed by atoms with van der Waals surface area (Å²) in [6.07, 6.45) is -3.91. The zero-order chi connectivity index (χ0) is 17.7. The molecular formula is C18H17F3O3. The smallest absolute Gasteiger partial charge is 0.481 e. The molecule has 2 rings (SSSR count). The number of carbonyl (C=O) groups is 1. The number of alkyl halides is 3. The molecule has 0 aromatic heterocycles. The summed E-state index contributed by atoms with van der Waals surface area (Å²) >= 11 is 0. The van der Waals surface area contributed by atoms with Gasteiger partial charge in [0.25, 0.3) is 0 Å². The predicted octanol–water partition coefficient (Wildman–Crippen LogP) is 5.22. The quantitative estimate of drug-likeness (QED) is 0.785. The summed E-state index contributed by atoms with van der Waals surface area (Å²) in [5.74, 6) is -2.33. The van der Waals surface area contributed by atoms with Crippen LogP contribution in [0.4, 0.5) is 13.2 Å². The van der Waals surface area contributed by atoms with Crippen molar-refractivity contribution in [3.8, 4) is 16.9 Å². The molecule has 0 spiro atoms. The van der Waals surface area contributed by atoms with Gasteiger partial charge in [0.2, 0.25) is 0 Å². The van der Waals surface area contributed by atoms with E-state index in [0.717, 1.165) is 0 Å². The Bertz CT molecular complexity index is 696. The average molecular weight is 338 g/mol. The minimum Gasteiger partial charge on any atom is -0.481 e. The topological polar surface area (TPSA) is 46.5 Å². The van der Waals surface area contributed by atoms with E-state index in [0.29, 0.717) is 24.0 Å². The Morgan fingerprint density at radius 1 is 1.17 bits per heavy atom. The SMILES string of the molecule is CCCC(C(=O)O)c1ccc(-c2ccccc2)c(OC(F)(F)F)c1. The summed E-state index contributed by atoms with van der Waals surface area (Å²) in [6.45, 7) is 1.82. The van der Waals surface area contributed by atoms with Gasteiger partial charge in [-0.2, -0.15) is 0 Å². The molecule has 1 unspecified atom stereocenters. The first-order valence-corrected chi connectivity index (χ1v) is 7.49. The Hall–Kier alpha value is -2.50. The van der Waals surface area contributed by atoms with Gasteiger partial charge in [-0.05, 0) is 23.6 Å². The fourth-order valence-corrected chi connectivity index (χ4v) is 2.54. The number of hydrogen-bond donors (Lipinski definition) is 1. The predicted molar refractivity (Wildman–Crippen MR) is 83.8 cm³/mol. The van der Waals surface area contributed by atoms with Crippen molar-refractivity contribution in [1.82, 2.24) is 0 Å². The van der Waals surface area contributed by atoms with Crippen molar-refractivity contribution < 1.29 is 27.8 Å². The van der Waals surface area contributed by atoms with Crippen LogP contribution in [0.2, 0.25) is 0 Å². The fourth-order valence-electron chi connectivity index (χ4n) is 2.54. The van der Waals surface area contributed by atoms with Crippen LogP contribution in [0.15, 0.2) is 48.5 Å². The van der Waals surface area contributed by atoms with E-state index in [1.165, 1.54) is 12.1 Å². The van der Waals surface area contributed by atoms with Crippen LogP contribution in [0.5, 0.6) is 5.75 Å². The van der Waals surface area contributed by atoms with Gasteiger partial charge in [-0.1, -0.05) is 55.8 Å². The number of halogens is 3. The third-order valence-corrected chi connectivity index (χ3v) is 3.59. The normalized spacial score (nSPS) is 12.7. The van der Waals surface area contributed by atoms with Gasteiger partial charge in [0.05, 0.1) is 5.92 Å². The minimum absolute atomic E-state index is 0.261. The highest BCUT2D eigenvalue weighted by molar-refractivity contribution is 5.78. The molecule has 6 heteroatoms. The maximum absolute atomic E-state index is 12.7. The number of rotatable bonds is 6. The van der Waals surface area contributed by atoms with E-state index in [2.05, 4.69) is 4.74 Å². The van der Waals surface area contributed by atoms with Gasteiger partial charge >= 0.3 is 12.3 Å². The maximum atomic E-state index is 12.7. The number of aliphatic carboxylic acids is 1. The highest BCUT2D eigenvalue weighted by Crippen LogP contribution is 2.37. The molecule has 2 aromatic rings. The molecule has 0 aliphatic carbocycles. The summed E-state index contributed by atoms with van der Waals surface area (Å²) in [6, 6.07) is 12.7. The van der Waals surface area contributed by atoms with Crippen LogP contribution in [0.3, 0.4) is 0 Å². The Morgan fingerprint density at radius 2 is 1.83 bits per heavy atom. The number of ether oxygens (including phenoxy) is 1. The summed E-state index contributed by atoms with van der Waals surface area (Å²) < 4.78 is 42.4. The lowest BCUT2D eigenvalue weighted by atomic mass is 9.92. The summed E-state index contributed by atoms with van der Waals surface area (Å²) in [5, 5.41) is 9.30. The fraction of sp³-hybridized carbons (Fsp3) is 0.278. The molecule has 0 radical (unpaired) electrons. The molecule has 0 fully saturated rings. The van der Waals surface area contributed by atoms with Crippen LogP contribution in [0, 0.1) is 0 Å². The first-order valence-electron chi connectivity index (χ1n) is 7.49. The lowest BCUT2D eigenvalue weighted by Gasteiger charge is -2.17. The zero-order valence-corrected chi connectivity index (χ0v) is 13.0. The van der Waals surface area contributed by atoms with Gasteiger partial charge < -0.3 is 9.84 Å². The molecule has 128 valence electrons. The second kappa shape index (κ2) is 7.38. The van der Waals surface area contributed by atoms with Crippen molar-refractivity contribution in [1.29, 1.82) is 0 Å². The largest absolute Gasteiger partial charge is 0.573 e. The first-order chi connectivity index (χ1) is 11.3. The van der Waals surface area contributed by atoms with Crippen molar-refractivity contribution in [3.63, 3.8) is 0 Å². The van der Waals surface area contributed by atoms with E-state index in [4.69, 9.17) is 0 Å². The molecule has 0 aliphatic heterocycles. The van der Waals surface area contributed by atoms with Crippen LogP contribution >= 0.6 is 0 Å². The van der Waals surface area contributed by atoms with Crippen molar-refractivity contribution >= 4 is 5.97 Å². The molecule has 2 aromatic carbocycles. The van der Waals surface area contributed by atoms with Crippen molar-refractivity contribution in [2.24, 2.45) is 0 Å². The summed E-state index contributed by atoms with van der Waals surface area (Å²) in [7, 11) is 0. The Kier molecular flexibility index (Phi) is 5.49. The van der Waals surface area contributed by atoms with E-state index < -0.39 is 24.0 Å². The number of carboxylic acid groups (broad SMARTS) is 1. The Labute approximate surface area is 137 Å². The summed E-state index contributed by atoms with van der Waals surface area (Å²) in [4.78, 5) is 11.4. The monoisotopic (exact) mass is 338 g/mol. The molecule has 0 heterocycles. The molecule has 0 saturated carbocycles. The van der Waals surface area contributed by atoms with E-state index in [9.17, 15) is 23.1 Å². The standard InChI is InChI=1S/C18H17F3O3/c1-2-6-15(17(22)23)13-9-10-14(12-7-4-3-5-8-12)16(11-13)24-18(19,20)21/h3-5,7-11,15H,2,6H2,1H3,(H,22,23). The van der Waals surface area contributed by atoms with Gasteiger partial charge in [-0.3, -0.25) is 4.79 Å². The molecule has 24 heavy (non-hydrogen) atoms. The maximum Gasteiger partial charge on any atom is 0.573 e. The molecule has 1 atom stereocenters. The molecular weight excluding hydrogens is 321 g/mol. The van der Waals surface area contributed by atoms with Gasteiger partial charge in [-0.15, -0.1) is 13.2 Å². The van der Waals surface area contributed by atoms with E-state index in [-0.39, 0.29) is 5.56 Å². The van der Waals surface area contributed by atoms with Gasteiger partial charge in [-0.25, -0.2) is 0 Å². The molecule has 1 N–H and O–H groups in total. The van der Waals surface area contributed by atoms with Crippen LogP contribution in [-0.2, 0) is 4.79 Å². The Morgan fingerprint density at radius 3 is 2.38 bits per heavy atom. The highest BCUT2D eigenvalue weighted by Gasteiger charge is 2.33. The molecule has 0 aliphatic rings. The number of carboxylic acids is 1. The van der Waals surface area contributed by atoms with Crippen molar-refractivity contribution in [3.05, 3.63) is 54.1 Å². The number of hydrogen-bond acceptors (Lipinski definition) is 2. The van der Waals surface area contributed by atoms with E-state index in [1.807, 2.05) is 6.92 Å². The lowest BCUT2D eigenvalue weighted by molar-refractivity contribution is -0.274. The van der Waals surface area contributed by atoms with Crippen molar-refractivity contribution in [2.75, 3.05) is 0 Å². The zero-order valence-electron chi connectivity index (χ0n) is 13.0. The van der Waals surface area contributed by atoms with Gasteiger partial charge in [0, 0.05) is 5.56 Å². The lowest BCUT2D eigenvalue weighted by Crippen LogP contribution is -2.18. The van der Waals surface area contributed by atoms with Crippen LogP contribution in [0.1, 0.15) is 31.2 Å². The van der Waals surface area contributed by atoms with Crippen LogP contribution in [-0.4, -0.2) is 17.4 Å². The average Bonchev–Trinajstić information content (AvgIpc) is 2.51. The first kappa shape index (κ1) is 17.8. The van der Waals surface area contributed by atoms with E-state index >= 15 is 0 Å². The third-order valence-electron chi connectivity index (χ3n) is 3.59. The molecule has 0 amide bonds. The molecule has 0 saturated heterocycles. The minimum atomic E-state index is -4.86. The van der Waals surface area contributed by atoms with Crippen molar-refractivity contribution in [2.45, 2.75) is 32.0 Å². The van der Waals surface area contributed by atoms with Gasteiger partial charge in [0.1, 0.15) is 5.75 Å². The second-order valence-corrected chi connectivity index (χ2v) is 5.35. The van der Waals surface area contributed by atoms with Gasteiger partial charge in [0.15, 0.2) is 0 Å². The molecule has 0 bridgehead atoms. The molecule has 3 nitrogen and oxygen atoms in total. The second-order valence-electron chi connectivity index (χ2n) is 5.35. The summed E-state index contributed by atoms with van der Waals surface area (Å²) in [5.41, 5.74) is 1.12. The van der Waals surface area contributed by atoms with E-state index in [1.54, 1.807) is 36.4 Å². The third kappa shape index (κ3) is 4.50. The number of benzene rings is 2. The van der Waals surface area contributed by atoms with Crippen LogP contribution < -0.4 is 4.74 Å². The van der Waals surface area contributed by atoms with Crippen LogP contribution in [0.25, 0.3) is 11.1 Å².